The van der Waals surface area contributed by atoms with E-state index in [1.165, 1.54) is 0 Å². The molecule has 0 radical (unpaired) electrons. The molecular formula is C18H13N3O. The molecule has 1 aromatic heterocycles. The minimum Gasteiger partial charge on any atom is -0.324 e. The molecule has 0 unspecified atom stereocenters. The number of nitriles is 1. The number of carbonyl (C=O) groups excluding carboxylic acids is 1. The quantitative estimate of drug-likeness (QED) is 0.803. The Morgan fingerprint density at radius 2 is 1.86 bits per heavy atom. The van der Waals surface area contributed by atoms with Gasteiger partial charge >= 0.3 is 0 Å². The highest BCUT2D eigenvalue weighted by Gasteiger charge is 2.07. The number of pyridine rings is 1. The summed E-state index contributed by atoms with van der Waals surface area (Å²) < 4.78 is 0. The van der Waals surface area contributed by atoms with Crippen molar-refractivity contribution in [2.24, 2.45) is 0 Å². The molecule has 1 heterocycles. The Balaban J connectivity index is 1.77. The minimum absolute atomic E-state index is 0.108. The van der Waals surface area contributed by atoms with Gasteiger partial charge in [0.05, 0.1) is 29.9 Å². The van der Waals surface area contributed by atoms with Crippen molar-refractivity contribution in [3.8, 4) is 6.07 Å². The van der Waals surface area contributed by atoms with E-state index < -0.39 is 0 Å². The van der Waals surface area contributed by atoms with E-state index in [1.54, 1.807) is 36.7 Å². The van der Waals surface area contributed by atoms with Gasteiger partial charge in [0, 0.05) is 17.0 Å². The molecule has 0 aliphatic carbocycles. The van der Waals surface area contributed by atoms with Crippen LogP contribution < -0.4 is 5.32 Å². The first-order valence-corrected chi connectivity index (χ1v) is 6.88. The zero-order valence-electron chi connectivity index (χ0n) is 11.8. The summed E-state index contributed by atoms with van der Waals surface area (Å²) in [6.45, 7) is 0. The first-order valence-electron chi connectivity index (χ1n) is 6.88. The first-order chi connectivity index (χ1) is 10.8. The van der Waals surface area contributed by atoms with E-state index in [-0.39, 0.29) is 12.3 Å². The second-order valence-corrected chi connectivity index (χ2v) is 4.94. The molecule has 0 bridgehead atoms. The highest BCUT2D eigenvalue weighted by atomic mass is 16.1. The molecule has 2 aromatic carbocycles. The van der Waals surface area contributed by atoms with E-state index >= 15 is 0 Å². The Kier molecular flexibility index (Phi) is 3.80. The van der Waals surface area contributed by atoms with Crippen molar-refractivity contribution >= 4 is 22.4 Å². The zero-order valence-corrected chi connectivity index (χ0v) is 11.8. The van der Waals surface area contributed by atoms with Gasteiger partial charge in [0.25, 0.3) is 0 Å². The predicted molar refractivity (Wildman–Crippen MR) is 85.2 cm³/mol. The highest BCUT2D eigenvalue weighted by molar-refractivity contribution is 6.02. The molecule has 4 heteroatoms. The molecule has 3 aromatic rings. The van der Waals surface area contributed by atoms with Crippen molar-refractivity contribution in [1.82, 2.24) is 4.98 Å². The van der Waals surface area contributed by atoms with Gasteiger partial charge in [0.1, 0.15) is 0 Å². The Morgan fingerprint density at radius 1 is 1.09 bits per heavy atom. The molecular weight excluding hydrogens is 274 g/mol. The SMILES string of the molecule is N#Cc1ccc(CC(=O)Nc2cncc3ccccc23)cc1. The summed E-state index contributed by atoms with van der Waals surface area (Å²) in [5, 5.41) is 13.6. The molecule has 0 saturated heterocycles. The number of hydrogen-bond donors (Lipinski definition) is 1. The summed E-state index contributed by atoms with van der Waals surface area (Å²) >= 11 is 0. The molecule has 22 heavy (non-hydrogen) atoms. The third-order valence-corrected chi connectivity index (χ3v) is 3.39. The molecule has 0 aliphatic heterocycles. The van der Waals surface area contributed by atoms with Gasteiger partial charge in [-0.1, -0.05) is 36.4 Å². The topological polar surface area (TPSA) is 65.8 Å². The third kappa shape index (κ3) is 2.94. The fourth-order valence-electron chi connectivity index (χ4n) is 2.29. The molecule has 4 nitrogen and oxygen atoms in total. The lowest BCUT2D eigenvalue weighted by Gasteiger charge is -2.08. The second kappa shape index (κ2) is 6.06. The number of fused-ring (bicyclic) bond motifs is 1. The summed E-state index contributed by atoms with van der Waals surface area (Å²) in [6, 6.07) is 16.8. The van der Waals surface area contributed by atoms with Gasteiger partial charge in [-0.3, -0.25) is 9.78 Å². The molecule has 1 amide bonds. The first kappa shape index (κ1) is 13.8. The molecule has 106 valence electrons. The van der Waals surface area contributed by atoms with Crippen molar-refractivity contribution in [1.29, 1.82) is 5.26 Å². The fraction of sp³-hybridized carbons (Fsp3) is 0.0556. The van der Waals surface area contributed by atoms with Crippen LogP contribution in [0.25, 0.3) is 10.8 Å². The van der Waals surface area contributed by atoms with Crippen LogP contribution in [0, 0.1) is 11.3 Å². The normalized spacial score (nSPS) is 10.1. The van der Waals surface area contributed by atoms with E-state index in [9.17, 15) is 4.79 Å². The number of anilines is 1. The number of carbonyl (C=O) groups is 1. The van der Waals surface area contributed by atoms with Crippen LogP contribution in [0.15, 0.2) is 60.9 Å². The van der Waals surface area contributed by atoms with Gasteiger partial charge in [-0.05, 0) is 17.7 Å². The number of benzene rings is 2. The van der Waals surface area contributed by atoms with Crippen molar-refractivity contribution < 1.29 is 4.79 Å². The van der Waals surface area contributed by atoms with Gasteiger partial charge in [-0.25, -0.2) is 0 Å². The molecule has 0 aliphatic rings. The van der Waals surface area contributed by atoms with Gasteiger partial charge in [0.15, 0.2) is 0 Å². The largest absolute Gasteiger partial charge is 0.324 e. The Morgan fingerprint density at radius 3 is 2.64 bits per heavy atom. The standard InChI is InChI=1S/C18H13N3O/c19-10-14-7-5-13(6-8-14)9-18(22)21-17-12-20-11-15-3-1-2-4-16(15)17/h1-8,11-12H,9H2,(H,21,22). The second-order valence-electron chi connectivity index (χ2n) is 4.94. The summed E-state index contributed by atoms with van der Waals surface area (Å²) in [4.78, 5) is 16.3. The molecule has 0 fully saturated rings. The van der Waals surface area contributed by atoms with Crippen LogP contribution in [-0.2, 0) is 11.2 Å². The maximum Gasteiger partial charge on any atom is 0.228 e. The minimum atomic E-state index is -0.108. The van der Waals surface area contributed by atoms with Crippen LogP contribution >= 0.6 is 0 Å². The summed E-state index contributed by atoms with van der Waals surface area (Å²) in [5.41, 5.74) is 2.16. The Hall–Kier alpha value is -3.19. The van der Waals surface area contributed by atoms with E-state index in [0.29, 0.717) is 11.3 Å². The fourth-order valence-corrected chi connectivity index (χ4v) is 2.29. The van der Waals surface area contributed by atoms with E-state index in [2.05, 4.69) is 16.4 Å². The van der Waals surface area contributed by atoms with Crippen LogP contribution in [0.5, 0.6) is 0 Å². The zero-order chi connectivity index (χ0) is 15.4. The number of nitrogens with one attached hydrogen (secondary N) is 1. The van der Waals surface area contributed by atoms with Crippen molar-refractivity contribution in [3.05, 3.63) is 72.1 Å². The maximum absolute atomic E-state index is 12.2. The average molecular weight is 287 g/mol. The molecule has 0 saturated carbocycles. The van der Waals surface area contributed by atoms with Crippen LogP contribution in [0.2, 0.25) is 0 Å². The lowest BCUT2D eigenvalue weighted by molar-refractivity contribution is -0.115. The molecule has 3 rings (SSSR count). The highest BCUT2D eigenvalue weighted by Crippen LogP contribution is 2.21. The van der Waals surface area contributed by atoms with Crippen molar-refractivity contribution in [2.75, 3.05) is 5.32 Å². The number of amides is 1. The molecule has 0 spiro atoms. The predicted octanol–water partition coefficient (Wildman–Crippen LogP) is 3.29. The van der Waals surface area contributed by atoms with E-state index in [1.807, 2.05) is 24.3 Å². The maximum atomic E-state index is 12.2. The van der Waals surface area contributed by atoms with Crippen molar-refractivity contribution in [3.63, 3.8) is 0 Å². The Bertz CT molecular complexity index is 858. The van der Waals surface area contributed by atoms with Crippen LogP contribution in [0.3, 0.4) is 0 Å². The molecule has 0 atom stereocenters. The lowest BCUT2D eigenvalue weighted by atomic mass is 10.1. The van der Waals surface area contributed by atoms with Crippen molar-refractivity contribution in [2.45, 2.75) is 6.42 Å². The van der Waals surface area contributed by atoms with Crippen LogP contribution in [-0.4, -0.2) is 10.9 Å². The van der Waals surface area contributed by atoms with Gasteiger partial charge in [-0.15, -0.1) is 0 Å². The Labute approximate surface area is 128 Å². The van der Waals surface area contributed by atoms with Gasteiger partial charge in [0.2, 0.25) is 5.91 Å². The number of rotatable bonds is 3. The smallest absolute Gasteiger partial charge is 0.228 e. The summed E-state index contributed by atoms with van der Waals surface area (Å²) in [5.74, 6) is -0.108. The van der Waals surface area contributed by atoms with Gasteiger partial charge in [-0.2, -0.15) is 5.26 Å². The van der Waals surface area contributed by atoms with Gasteiger partial charge < -0.3 is 5.32 Å². The number of nitrogens with zero attached hydrogens (tertiary/aromatic N) is 2. The summed E-state index contributed by atoms with van der Waals surface area (Å²) in [7, 11) is 0. The van der Waals surface area contributed by atoms with E-state index in [4.69, 9.17) is 5.26 Å². The monoisotopic (exact) mass is 287 g/mol. The third-order valence-electron chi connectivity index (χ3n) is 3.39. The van der Waals surface area contributed by atoms with E-state index in [0.717, 1.165) is 16.3 Å². The number of aromatic nitrogens is 1. The van der Waals surface area contributed by atoms with Crippen LogP contribution in [0.1, 0.15) is 11.1 Å². The lowest BCUT2D eigenvalue weighted by Crippen LogP contribution is -2.14. The van der Waals surface area contributed by atoms with Crippen LogP contribution in [0.4, 0.5) is 5.69 Å². The summed E-state index contributed by atoms with van der Waals surface area (Å²) in [6.07, 6.45) is 3.68. The number of hydrogen-bond acceptors (Lipinski definition) is 3. The molecule has 1 N–H and O–H groups in total. The average Bonchev–Trinajstić information content (AvgIpc) is 2.56.